The van der Waals surface area contributed by atoms with Crippen LogP contribution in [0.25, 0.3) is 0 Å². The van der Waals surface area contributed by atoms with Crippen LogP contribution in [0.4, 0.5) is 0 Å². The van der Waals surface area contributed by atoms with Crippen LogP contribution in [0.3, 0.4) is 0 Å². The number of rotatable bonds is 9. The molecule has 3 rings (SSSR count). The first-order chi connectivity index (χ1) is 13.9. The molecule has 29 heavy (non-hydrogen) atoms. The first kappa shape index (κ1) is 21.8. The van der Waals surface area contributed by atoms with Gasteiger partial charge in [-0.2, -0.15) is 0 Å². The van der Waals surface area contributed by atoms with Gasteiger partial charge in [0.2, 0.25) is 15.0 Å². The Morgan fingerprint density at radius 2 is 1.83 bits per heavy atom. The van der Waals surface area contributed by atoms with Gasteiger partial charge in [-0.3, -0.25) is 4.90 Å². The third-order valence-corrected chi connectivity index (χ3v) is 7.18. The summed E-state index contributed by atoms with van der Waals surface area (Å²) in [6.07, 6.45) is 5.88. The van der Waals surface area contributed by atoms with Crippen LogP contribution in [0.1, 0.15) is 50.8 Å². The third-order valence-electron chi connectivity index (χ3n) is 5.54. The van der Waals surface area contributed by atoms with E-state index in [0.29, 0.717) is 6.54 Å². The summed E-state index contributed by atoms with van der Waals surface area (Å²) in [4.78, 5) is 6.65. The zero-order valence-electron chi connectivity index (χ0n) is 17.8. The summed E-state index contributed by atoms with van der Waals surface area (Å²) in [6.45, 7) is 9.16. The molecule has 160 valence electrons. The molecule has 0 spiro atoms. The van der Waals surface area contributed by atoms with E-state index in [1.165, 1.54) is 5.56 Å². The van der Waals surface area contributed by atoms with E-state index in [0.717, 1.165) is 56.8 Å². The monoisotopic (exact) mass is 419 g/mol. The van der Waals surface area contributed by atoms with Gasteiger partial charge in [0.25, 0.3) is 0 Å². The van der Waals surface area contributed by atoms with Crippen LogP contribution >= 0.6 is 0 Å². The fourth-order valence-corrected chi connectivity index (χ4v) is 4.69. The van der Waals surface area contributed by atoms with E-state index in [1.807, 2.05) is 16.7 Å². The number of likely N-dealkylation sites (tertiary alicyclic amines) is 1. The fourth-order valence-electron chi connectivity index (χ4n) is 3.67. The van der Waals surface area contributed by atoms with Gasteiger partial charge in [0.1, 0.15) is 11.9 Å². The van der Waals surface area contributed by atoms with Crippen molar-refractivity contribution >= 4 is 9.84 Å². The van der Waals surface area contributed by atoms with Crippen molar-refractivity contribution in [2.75, 3.05) is 18.8 Å². The van der Waals surface area contributed by atoms with E-state index in [9.17, 15) is 8.42 Å². The maximum atomic E-state index is 12.4. The summed E-state index contributed by atoms with van der Waals surface area (Å²) >= 11 is 0. The highest BCUT2D eigenvalue weighted by Gasteiger charge is 2.25. The van der Waals surface area contributed by atoms with Crippen molar-refractivity contribution in [1.29, 1.82) is 0 Å². The number of hydrogen-bond donors (Lipinski definition) is 0. The Morgan fingerprint density at radius 1 is 1.14 bits per heavy atom. The molecule has 2 aromatic rings. The SMILES string of the molecule is CCCCn1c(CN2CCC(Oc3ccc(C)cc3)CC2)cnc1S(=O)(=O)CC. The standard InChI is InChI=1S/C22H33N3O3S/c1-4-6-13-25-19(16-23-22(25)29(26,27)5-2)17-24-14-11-21(12-15-24)28-20-9-7-18(3)8-10-20/h7-10,16,21H,4-6,11-15,17H2,1-3H3. The van der Waals surface area contributed by atoms with Crippen LogP contribution in [-0.4, -0.2) is 47.8 Å². The van der Waals surface area contributed by atoms with Crippen LogP contribution < -0.4 is 4.74 Å². The van der Waals surface area contributed by atoms with E-state index in [1.54, 1.807) is 13.1 Å². The van der Waals surface area contributed by atoms with Gasteiger partial charge in [-0.15, -0.1) is 0 Å². The molecule has 0 atom stereocenters. The molecule has 6 nitrogen and oxygen atoms in total. The molecule has 1 aromatic heterocycles. The first-order valence-electron chi connectivity index (χ1n) is 10.7. The minimum Gasteiger partial charge on any atom is -0.490 e. The minimum absolute atomic E-state index is 0.0807. The highest BCUT2D eigenvalue weighted by Crippen LogP contribution is 2.22. The van der Waals surface area contributed by atoms with E-state index in [4.69, 9.17) is 4.74 Å². The summed E-state index contributed by atoms with van der Waals surface area (Å²) in [5.41, 5.74) is 2.22. The second-order valence-electron chi connectivity index (χ2n) is 7.85. The van der Waals surface area contributed by atoms with Crippen molar-refractivity contribution < 1.29 is 13.2 Å². The molecular formula is C22H33N3O3S. The lowest BCUT2D eigenvalue weighted by Gasteiger charge is -2.32. The van der Waals surface area contributed by atoms with Crippen LogP contribution in [0.5, 0.6) is 5.75 Å². The third kappa shape index (κ3) is 5.60. The van der Waals surface area contributed by atoms with Gasteiger partial charge < -0.3 is 9.30 Å². The number of ether oxygens (including phenoxy) is 1. The van der Waals surface area contributed by atoms with Crippen molar-refractivity contribution in [3.8, 4) is 5.75 Å². The number of aromatic nitrogens is 2. The molecule has 0 unspecified atom stereocenters. The Bertz CT molecular complexity index is 883. The molecule has 1 aromatic carbocycles. The van der Waals surface area contributed by atoms with Crippen molar-refractivity contribution in [1.82, 2.24) is 14.5 Å². The molecule has 2 heterocycles. The van der Waals surface area contributed by atoms with Crippen LogP contribution in [0.2, 0.25) is 0 Å². The second-order valence-corrected chi connectivity index (χ2v) is 10.0. The molecule has 1 fully saturated rings. The number of hydrogen-bond acceptors (Lipinski definition) is 5. The number of imidazole rings is 1. The number of aryl methyl sites for hydroxylation is 1. The van der Waals surface area contributed by atoms with E-state index >= 15 is 0 Å². The Balaban J connectivity index is 1.61. The van der Waals surface area contributed by atoms with Gasteiger partial charge >= 0.3 is 0 Å². The average molecular weight is 420 g/mol. The molecule has 0 radical (unpaired) electrons. The number of nitrogens with zero attached hydrogens (tertiary/aromatic N) is 3. The summed E-state index contributed by atoms with van der Waals surface area (Å²) in [5, 5.41) is 0.223. The number of piperidine rings is 1. The van der Waals surface area contributed by atoms with Gasteiger partial charge in [-0.05, 0) is 38.3 Å². The van der Waals surface area contributed by atoms with Gasteiger partial charge in [0.05, 0.1) is 17.6 Å². The Hall–Kier alpha value is -1.86. The van der Waals surface area contributed by atoms with Crippen molar-refractivity contribution in [2.45, 2.75) is 70.8 Å². The molecule has 0 N–H and O–H groups in total. The van der Waals surface area contributed by atoms with Crippen molar-refractivity contribution in [3.05, 3.63) is 41.7 Å². The Labute approximate surface area is 174 Å². The maximum absolute atomic E-state index is 12.4. The Morgan fingerprint density at radius 3 is 2.45 bits per heavy atom. The summed E-state index contributed by atoms with van der Waals surface area (Å²) in [6, 6.07) is 8.21. The molecule has 1 aliphatic rings. The molecule has 0 bridgehead atoms. The summed E-state index contributed by atoms with van der Waals surface area (Å²) in [5.74, 6) is 1.01. The predicted molar refractivity (Wildman–Crippen MR) is 115 cm³/mol. The molecule has 7 heteroatoms. The number of unbranched alkanes of at least 4 members (excludes halogenated alkanes) is 1. The van der Waals surface area contributed by atoms with Gasteiger partial charge in [0.15, 0.2) is 0 Å². The molecule has 1 saturated heterocycles. The van der Waals surface area contributed by atoms with Gasteiger partial charge in [-0.1, -0.05) is 38.0 Å². The zero-order valence-corrected chi connectivity index (χ0v) is 18.6. The largest absolute Gasteiger partial charge is 0.490 e. The fraction of sp³-hybridized carbons (Fsp3) is 0.591. The minimum atomic E-state index is -3.31. The summed E-state index contributed by atoms with van der Waals surface area (Å²) in [7, 11) is -3.31. The first-order valence-corrected chi connectivity index (χ1v) is 12.3. The van der Waals surface area contributed by atoms with Crippen LogP contribution in [0, 0.1) is 6.92 Å². The van der Waals surface area contributed by atoms with Crippen LogP contribution in [-0.2, 0) is 22.9 Å². The number of sulfone groups is 1. The highest BCUT2D eigenvalue weighted by atomic mass is 32.2. The van der Waals surface area contributed by atoms with E-state index < -0.39 is 9.84 Å². The molecular weight excluding hydrogens is 386 g/mol. The lowest BCUT2D eigenvalue weighted by molar-refractivity contribution is 0.0953. The van der Waals surface area contributed by atoms with E-state index in [2.05, 4.69) is 35.9 Å². The maximum Gasteiger partial charge on any atom is 0.227 e. The molecule has 0 aliphatic carbocycles. The number of benzene rings is 1. The predicted octanol–water partition coefficient (Wildman–Crippen LogP) is 3.83. The van der Waals surface area contributed by atoms with Gasteiger partial charge in [-0.25, -0.2) is 13.4 Å². The normalized spacial score (nSPS) is 16.2. The quantitative estimate of drug-likeness (QED) is 0.618. The smallest absolute Gasteiger partial charge is 0.227 e. The van der Waals surface area contributed by atoms with Crippen molar-refractivity contribution in [2.24, 2.45) is 0 Å². The lowest BCUT2D eigenvalue weighted by atomic mass is 10.1. The molecule has 1 aliphatic heterocycles. The zero-order chi connectivity index (χ0) is 20.9. The van der Waals surface area contributed by atoms with Gasteiger partial charge in [0, 0.05) is 26.2 Å². The van der Waals surface area contributed by atoms with Crippen molar-refractivity contribution in [3.63, 3.8) is 0 Å². The lowest BCUT2D eigenvalue weighted by Crippen LogP contribution is -2.38. The average Bonchev–Trinajstić information content (AvgIpc) is 3.13. The topological polar surface area (TPSA) is 64.4 Å². The second kappa shape index (κ2) is 9.76. The summed E-state index contributed by atoms with van der Waals surface area (Å²) < 4.78 is 32.9. The highest BCUT2D eigenvalue weighted by molar-refractivity contribution is 7.91. The van der Waals surface area contributed by atoms with Crippen LogP contribution in [0.15, 0.2) is 35.6 Å². The van der Waals surface area contributed by atoms with E-state index in [-0.39, 0.29) is 17.0 Å². The molecule has 0 saturated carbocycles. The molecule has 0 amide bonds. The Kier molecular flexibility index (Phi) is 7.35.